The summed E-state index contributed by atoms with van der Waals surface area (Å²) < 4.78 is 1.72. The van der Waals surface area contributed by atoms with E-state index >= 15 is 0 Å². The highest BCUT2D eigenvalue weighted by Gasteiger charge is 1.97. The Balaban J connectivity index is 2.23. The molecule has 0 atom stereocenters. The van der Waals surface area contributed by atoms with Gasteiger partial charge < -0.3 is 4.57 Å². The Morgan fingerprint density at radius 3 is 2.57 bits per heavy atom. The van der Waals surface area contributed by atoms with Crippen LogP contribution in [0.4, 0.5) is 0 Å². The van der Waals surface area contributed by atoms with E-state index in [0.717, 1.165) is 5.56 Å². The lowest BCUT2D eigenvalue weighted by molar-refractivity contribution is 0.784. The summed E-state index contributed by atoms with van der Waals surface area (Å²) in [5.74, 6) is 0. The third kappa shape index (κ3) is 1.93. The molecule has 0 aliphatic heterocycles. The molecule has 1 heterocycles. The molecular weight excluding hydrogens is 194 g/mol. The number of hydrogen-bond acceptors (Lipinski definition) is 2. The van der Waals surface area contributed by atoms with Crippen LogP contribution in [0.3, 0.4) is 0 Å². The van der Waals surface area contributed by atoms with Crippen LogP contribution in [-0.2, 0) is 6.54 Å². The predicted molar refractivity (Wildman–Crippen MR) is 58.9 cm³/mol. The van der Waals surface area contributed by atoms with Crippen LogP contribution in [0.2, 0.25) is 0 Å². The van der Waals surface area contributed by atoms with E-state index in [2.05, 4.69) is 31.2 Å². The second-order valence-electron chi connectivity index (χ2n) is 3.28. The summed E-state index contributed by atoms with van der Waals surface area (Å²) in [4.78, 5) is 11.4. The van der Waals surface area contributed by atoms with E-state index in [1.165, 1.54) is 16.9 Å². The molecule has 0 fully saturated rings. The van der Waals surface area contributed by atoms with Crippen LogP contribution in [0.15, 0.2) is 40.6 Å². The number of aromatic nitrogens is 1. The Labute approximate surface area is 86.4 Å². The predicted octanol–water partition coefficient (Wildman–Crippen LogP) is 2.27. The Kier molecular flexibility index (Phi) is 2.50. The maximum Gasteiger partial charge on any atom is 0.307 e. The summed E-state index contributed by atoms with van der Waals surface area (Å²) in [6.07, 6.45) is 1.83. The molecule has 0 unspecified atom stereocenters. The second kappa shape index (κ2) is 3.80. The lowest BCUT2D eigenvalue weighted by Gasteiger charge is -2.01. The third-order valence-corrected chi connectivity index (χ3v) is 2.81. The molecule has 0 saturated carbocycles. The highest BCUT2D eigenvalue weighted by atomic mass is 32.1. The van der Waals surface area contributed by atoms with Crippen LogP contribution in [0.1, 0.15) is 11.1 Å². The van der Waals surface area contributed by atoms with E-state index in [9.17, 15) is 4.79 Å². The van der Waals surface area contributed by atoms with Crippen molar-refractivity contribution in [3.63, 3.8) is 0 Å². The number of benzene rings is 1. The maximum absolute atomic E-state index is 11.3. The van der Waals surface area contributed by atoms with Crippen LogP contribution < -0.4 is 4.87 Å². The topological polar surface area (TPSA) is 22.0 Å². The molecule has 0 spiro atoms. The van der Waals surface area contributed by atoms with Crippen molar-refractivity contribution >= 4 is 11.3 Å². The molecule has 1 aromatic carbocycles. The summed E-state index contributed by atoms with van der Waals surface area (Å²) in [6, 6.07) is 8.23. The Morgan fingerprint density at radius 2 is 2.00 bits per heavy atom. The van der Waals surface area contributed by atoms with Gasteiger partial charge in [-0.15, -0.1) is 0 Å². The van der Waals surface area contributed by atoms with Gasteiger partial charge in [0.1, 0.15) is 0 Å². The monoisotopic (exact) mass is 205 g/mol. The summed E-state index contributed by atoms with van der Waals surface area (Å²) in [7, 11) is 0. The SMILES string of the molecule is Cc1ccc(Cn2ccsc2=O)cc1. The number of rotatable bonds is 2. The fourth-order valence-electron chi connectivity index (χ4n) is 1.30. The smallest absolute Gasteiger partial charge is 0.302 e. The maximum atomic E-state index is 11.3. The molecule has 2 rings (SSSR count). The Morgan fingerprint density at radius 1 is 1.29 bits per heavy atom. The zero-order valence-electron chi connectivity index (χ0n) is 7.93. The third-order valence-electron chi connectivity index (χ3n) is 2.12. The van der Waals surface area contributed by atoms with Crippen LogP contribution in [0.5, 0.6) is 0 Å². The lowest BCUT2D eigenvalue weighted by Crippen LogP contribution is -2.12. The number of hydrogen-bond donors (Lipinski definition) is 0. The summed E-state index contributed by atoms with van der Waals surface area (Å²) >= 11 is 1.23. The average Bonchev–Trinajstić information content (AvgIpc) is 2.56. The minimum absolute atomic E-state index is 0.102. The molecule has 1 aromatic heterocycles. The highest BCUT2D eigenvalue weighted by molar-refractivity contribution is 7.07. The zero-order chi connectivity index (χ0) is 9.97. The molecule has 14 heavy (non-hydrogen) atoms. The summed E-state index contributed by atoms with van der Waals surface area (Å²) in [5.41, 5.74) is 2.41. The van der Waals surface area contributed by atoms with Crippen molar-refractivity contribution in [2.75, 3.05) is 0 Å². The normalized spacial score (nSPS) is 10.4. The van der Waals surface area contributed by atoms with Gasteiger partial charge in [-0.1, -0.05) is 41.2 Å². The van der Waals surface area contributed by atoms with E-state index in [1.54, 1.807) is 4.57 Å². The van der Waals surface area contributed by atoms with Crippen molar-refractivity contribution in [1.29, 1.82) is 0 Å². The summed E-state index contributed by atoms with van der Waals surface area (Å²) in [5, 5.41) is 1.82. The van der Waals surface area contributed by atoms with Gasteiger partial charge >= 0.3 is 4.87 Å². The molecular formula is C11H11NOS. The van der Waals surface area contributed by atoms with Crippen LogP contribution in [0, 0.1) is 6.92 Å². The average molecular weight is 205 g/mol. The van der Waals surface area contributed by atoms with Crippen molar-refractivity contribution in [3.8, 4) is 0 Å². The van der Waals surface area contributed by atoms with Crippen LogP contribution >= 0.6 is 11.3 Å². The van der Waals surface area contributed by atoms with E-state index < -0.39 is 0 Å². The van der Waals surface area contributed by atoms with Gasteiger partial charge in [-0.25, -0.2) is 0 Å². The Hall–Kier alpha value is -1.35. The quantitative estimate of drug-likeness (QED) is 0.737. The number of aryl methyl sites for hydroxylation is 1. The minimum atomic E-state index is 0.102. The van der Waals surface area contributed by atoms with Gasteiger partial charge in [-0.05, 0) is 12.5 Å². The van der Waals surface area contributed by atoms with E-state index in [1.807, 2.05) is 11.6 Å². The molecule has 3 heteroatoms. The zero-order valence-corrected chi connectivity index (χ0v) is 8.75. The van der Waals surface area contributed by atoms with Crippen molar-refractivity contribution in [1.82, 2.24) is 4.57 Å². The first-order valence-electron chi connectivity index (χ1n) is 4.45. The van der Waals surface area contributed by atoms with Gasteiger partial charge in [0.25, 0.3) is 0 Å². The standard InChI is InChI=1S/C11H11NOS/c1-9-2-4-10(5-3-9)8-12-6-7-14-11(12)13/h2-7H,8H2,1H3. The van der Waals surface area contributed by atoms with Gasteiger partial charge in [0.2, 0.25) is 0 Å². The molecule has 0 N–H and O–H groups in total. The molecule has 0 bridgehead atoms. The highest BCUT2D eigenvalue weighted by Crippen LogP contribution is 2.04. The first-order valence-corrected chi connectivity index (χ1v) is 5.33. The molecule has 0 aliphatic rings. The van der Waals surface area contributed by atoms with Gasteiger partial charge in [-0.2, -0.15) is 0 Å². The van der Waals surface area contributed by atoms with Gasteiger partial charge in [-0.3, -0.25) is 4.79 Å². The van der Waals surface area contributed by atoms with Crippen LogP contribution in [0.25, 0.3) is 0 Å². The van der Waals surface area contributed by atoms with E-state index in [-0.39, 0.29) is 4.87 Å². The molecule has 2 nitrogen and oxygen atoms in total. The van der Waals surface area contributed by atoms with Gasteiger partial charge in [0, 0.05) is 11.6 Å². The Bertz CT molecular complexity index is 467. The van der Waals surface area contributed by atoms with E-state index in [4.69, 9.17) is 0 Å². The second-order valence-corrected chi connectivity index (χ2v) is 4.14. The summed E-state index contributed by atoms with van der Waals surface area (Å²) in [6.45, 7) is 2.73. The fourth-order valence-corrected chi connectivity index (χ4v) is 1.88. The lowest BCUT2D eigenvalue weighted by atomic mass is 10.1. The molecule has 0 aliphatic carbocycles. The number of thiazole rings is 1. The van der Waals surface area contributed by atoms with E-state index in [0.29, 0.717) is 6.54 Å². The van der Waals surface area contributed by atoms with Gasteiger partial charge in [0.05, 0.1) is 6.54 Å². The first-order chi connectivity index (χ1) is 6.75. The fraction of sp³-hybridized carbons (Fsp3) is 0.182. The van der Waals surface area contributed by atoms with Crippen LogP contribution in [-0.4, -0.2) is 4.57 Å². The first kappa shape index (κ1) is 9.21. The number of nitrogens with zero attached hydrogens (tertiary/aromatic N) is 1. The molecule has 0 radical (unpaired) electrons. The van der Waals surface area contributed by atoms with Crippen molar-refractivity contribution in [2.45, 2.75) is 13.5 Å². The van der Waals surface area contributed by atoms with Crippen molar-refractivity contribution in [3.05, 3.63) is 56.6 Å². The largest absolute Gasteiger partial charge is 0.307 e. The van der Waals surface area contributed by atoms with Crippen molar-refractivity contribution < 1.29 is 0 Å². The van der Waals surface area contributed by atoms with Gasteiger partial charge in [0.15, 0.2) is 0 Å². The minimum Gasteiger partial charge on any atom is -0.302 e. The molecule has 72 valence electrons. The molecule has 0 saturated heterocycles. The molecule has 0 amide bonds. The molecule has 2 aromatic rings. The van der Waals surface area contributed by atoms with Crippen molar-refractivity contribution in [2.24, 2.45) is 0 Å².